The van der Waals surface area contributed by atoms with Gasteiger partial charge in [0.2, 0.25) is 10.0 Å². The molecule has 3 aromatic rings. The van der Waals surface area contributed by atoms with Gasteiger partial charge in [0.1, 0.15) is 10.8 Å². The lowest BCUT2D eigenvalue weighted by Gasteiger charge is -2.22. The summed E-state index contributed by atoms with van der Waals surface area (Å²) in [5.74, 6) is -0.467. The lowest BCUT2D eigenvalue weighted by Crippen LogP contribution is -2.29. The molecule has 0 aliphatic heterocycles. The fourth-order valence-electron chi connectivity index (χ4n) is 2.21. The lowest BCUT2D eigenvalue weighted by molar-refractivity contribution is 0.397. The number of halogens is 1. The number of sulfonamides is 1. The van der Waals surface area contributed by atoms with Crippen molar-refractivity contribution in [2.45, 2.75) is 17.9 Å². The molecule has 0 radical (unpaired) electrons. The van der Waals surface area contributed by atoms with E-state index in [1.165, 1.54) is 34.8 Å². The number of nitrogens with zero attached hydrogens (tertiary/aromatic N) is 2. The second-order valence-electron chi connectivity index (χ2n) is 5.17. The van der Waals surface area contributed by atoms with Gasteiger partial charge in [0.25, 0.3) is 0 Å². The Morgan fingerprint density at radius 3 is 2.43 bits per heavy atom. The standard InChI is InChI=1S/C16H15FN2O2S2/c1-11(16-18-14-5-3-4-6-15(14)22-16)19(2)23(20,21)13-9-7-12(17)8-10-13/h3-11H,1-2H3/t11-/m1/s1. The molecular formula is C16H15FN2O2S2. The zero-order valence-corrected chi connectivity index (χ0v) is 14.2. The van der Waals surface area contributed by atoms with Gasteiger partial charge >= 0.3 is 0 Å². The van der Waals surface area contributed by atoms with Crippen molar-refractivity contribution < 1.29 is 12.8 Å². The quantitative estimate of drug-likeness (QED) is 0.719. The van der Waals surface area contributed by atoms with E-state index in [9.17, 15) is 12.8 Å². The first kappa shape index (κ1) is 16.0. The summed E-state index contributed by atoms with van der Waals surface area (Å²) in [6, 6.07) is 12.1. The minimum absolute atomic E-state index is 0.0642. The molecule has 0 aliphatic carbocycles. The maximum atomic E-state index is 13.0. The van der Waals surface area contributed by atoms with Gasteiger partial charge in [-0.1, -0.05) is 12.1 Å². The van der Waals surface area contributed by atoms with Gasteiger partial charge in [-0.2, -0.15) is 4.31 Å². The summed E-state index contributed by atoms with van der Waals surface area (Å²) >= 11 is 1.47. The highest BCUT2D eigenvalue weighted by molar-refractivity contribution is 7.89. The van der Waals surface area contributed by atoms with Crippen LogP contribution in [0.1, 0.15) is 18.0 Å². The second kappa shape index (κ2) is 5.99. The minimum Gasteiger partial charge on any atom is -0.239 e. The molecule has 7 heteroatoms. The van der Waals surface area contributed by atoms with Gasteiger partial charge in [0.05, 0.1) is 21.2 Å². The molecule has 1 atom stereocenters. The van der Waals surface area contributed by atoms with Crippen LogP contribution < -0.4 is 0 Å². The van der Waals surface area contributed by atoms with Crippen LogP contribution in [0.3, 0.4) is 0 Å². The molecule has 120 valence electrons. The van der Waals surface area contributed by atoms with Gasteiger partial charge in [-0.05, 0) is 43.3 Å². The first-order valence-corrected chi connectivity index (χ1v) is 9.24. The fourth-order valence-corrected chi connectivity index (χ4v) is 4.66. The number of hydrogen-bond acceptors (Lipinski definition) is 4. The molecule has 0 unspecified atom stereocenters. The maximum Gasteiger partial charge on any atom is 0.243 e. The average molecular weight is 350 g/mol. The van der Waals surface area contributed by atoms with Crippen LogP contribution >= 0.6 is 11.3 Å². The maximum absolute atomic E-state index is 13.0. The number of para-hydroxylation sites is 1. The van der Waals surface area contributed by atoms with E-state index in [0.29, 0.717) is 0 Å². The van der Waals surface area contributed by atoms with E-state index in [4.69, 9.17) is 0 Å². The Kier molecular flexibility index (Phi) is 4.18. The molecule has 4 nitrogen and oxygen atoms in total. The number of thiazole rings is 1. The molecule has 0 fully saturated rings. The number of hydrogen-bond donors (Lipinski definition) is 0. The third-order valence-corrected chi connectivity index (χ3v) is 6.85. The number of rotatable bonds is 4. The van der Waals surface area contributed by atoms with Crippen molar-refractivity contribution in [1.29, 1.82) is 0 Å². The Labute approximate surface area is 138 Å². The van der Waals surface area contributed by atoms with Crippen molar-refractivity contribution in [2.24, 2.45) is 0 Å². The molecule has 1 heterocycles. The predicted molar refractivity (Wildman–Crippen MR) is 89.4 cm³/mol. The van der Waals surface area contributed by atoms with Crippen molar-refractivity contribution in [2.75, 3.05) is 7.05 Å². The average Bonchev–Trinajstić information content (AvgIpc) is 2.98. The van der Waals surface area contributed by atoms with Crippen molar-refractivity contribution >= 4 is 31.6 Å². The largest absolute Gasteiger partial charge is 0.243 e. The third kappa shape index (κ3) is 2.99. The summed E-state index contributed by atoms with van der Waals surface area (Å²) in [6.07, 6.45) is 0. The lowest BCUT2D eigenvalue weighted by atomic mass is 10.3. The Morgan fingerprint density at radius 1 is 1.13 bits per heavy atom. The Bertz CT molecular complexity index is 903. The monoisotopic (exact) mass is 350 g/mol. The van der Waals surface area contributed by atoms with Crippen LogP contribution in [-0.2, 0) is 10.0 Å². The summed E-state index contributed by atoms with van der Waals surface area (Å²) in [4.78, 5) is 4.57. The van der Waals surface area contributed by atoms with Crippen molar-refractivity contribution in [3.63, 3.8) is 0 Å². The smallest absolute Gasteiger partial charge is 0.239 e. The van der Waals surface area contributed by atoms with Crippen LogP contribution in [0.25, 0.3) is 10.2 Å². The van der Waals surface area contributed by atoms with Crippen LogP contribution in [0, 0.1) is 5.82 Å². The van der Waals surface area contributed by atoms with Crippen LogP contribution in [0.15, 0.2) is 53.4 Å². The molecule has 0 N–H and O–H groups in total. The molecule has 1 aromatic heterocycles. The SMILES string of the molecule is C[C@H](c1nc2ccccc2s1)N(C)S(=O)(=O)c1ccc(F)cc1. The number of fused-ring (bicyclic) bond motifs is 1. The Balaban J connectivity index is 1.94. The molecular weight excluding hydrogens is 335 g/mol. The molecule has 0 saturated heterocycles. The van der Waals surface area contributed by atoms with Crippen molar-refractivity contribution in [1.82, 2.24) is 9.29 Å². The molecule has 0 amide bonds. The van der Waals surface area contributed by atoms with Crippen LogP contribution in [-0.4, -0.2) is 24.8 Å². The van der Waals surface area contributed by atoms with Crippen LogP contribution in [0.4, 0.5) is 4.39 Å². The normalized spacial score (nSPS) is 13.6. The minimum atomic E-state index is -3.71. The van der Waals surface area contributed by atoms with E-state index in [-0.39, 0.29) is 4.90 Å². The topological polar surface area (TPSA) is 50.3 Å². The zero-order valence-electron chi connectivity index (χ0n) is 12.6. The molecule has 23 heavy (non-hydrogen) atoms. The summed E-state index contributed by atoms with van der Waals surface area (Å²) in [6.45, 7) is 1.79. The Morgan fingerprint density at radius 2 is 1.78 bits per heavy atom. The van der Waals surface area contributed by atoms with Crippen molar-refractivity contribution in [3.05, 3.63) is 59.4 Å². The molecule has 2 aromatic carbocycles. The molecule has 0 aliphatic rings. The van der Waals surface area contributed by atoms with E-state index >= 15 is 0 Å². The summed E-state index contributed by atoms with van der Waals surface area (Å²) in [5, 5.41) is 0.722. The first-order valence-electron chi connectivity index (χ1n) is 6.98. The van der Waals surface area contributed by atoms with Crippen LogP contribution in [0.5, 0.6) is 0 Å². The highest BCUT2D eigenvalue weighted by Crippen LogP contribution is 2.31. The highest BCUT2D eigenvalue weighted by atomic mass is 32.2. The van der Waals surface area contributed by atoms with Gasteiger partial charge in [0.15, 0.2) is 0 Å². The molecule has 0 bridgehead atoms. The summed E-state index contributed by atoms with van der Waals surface area (Å²) in [7, 11) is -2.20. The Hall–Kier alpha value is -1.83. The van der Waals surface area contributed by atoms with Crippen molar-refractivity contribution in [3.8, 4) is 0 Å². The van der Waals surface area contributed by atoms with E-state index in [0.717, 1.165) is 27.4 Å². The van der Waals surface area contributed by atoms with Gasteiger partial charge in [-0.25, -0.2) is 17.8 Å². The summed E-state index contributed by atoms with van der Waals surface area (Å²) in [5.41, 5.74) is 0.854. The van der Waals surface area contributed by atoms with Gasteiger partial charge in [0, 0.05) is 7.05 Å². The summed E-state index contributed by atoms with van der Waals surface area (Å²) < 4.78 is 40.6. The molecule has 0 saturated carbocycles. The fraction of sp³-hybridized carbons (Fsp3) is 0.188. The first-order chi connectivity index (χ1) is 10.9. The second-order valence-corrected chi connectivity index (χ2v) is 8.23. The van der Waals surface area contributed by atoms with Crippen LogP contribution in [0.2, 0.25) is 0 Å². The van der Waals surface area contributed by atoms with E-state index in [1.54, 1.807) is 6.92 Å². The van der Waals surface area contributed by atoms with E-state index < -0.39 is 21.9 Å². The van der Waals surface area contributed by atoms with Gasteiger partial charge in [-0.3, -0.25) is 0 Å². The van der Waals surface area contributed by atoms with E-state index in [2.05, 4.69) is 4.98 Å². The number of aromatic nitrogens is 1. The number of benzene rings is 2. The highest BCUT2D eigenvalue weighted by Gasteiger charge is 2.28. The molecule has 0 spiro atoms. The van der Waals surface area contributed by atoms with Gasteiger partial charge < -0.3 is 0 Å². The van der Waals surface area contributed by atoms with E-state index in [1.807, 2.05) is 24.3 Å². The predicted octanol–water partition coefficient (Wildman–Crippen LogP) is 3.82. The molecule has 3 rings (SSSR count). The third-order valence-electron chi connectivity index (χ3n) is 3.70. The van der Waals surface area contributed by atoms with Gasteiger partial charge in [-0.15, -0.1) is 11.3 Å². The zero-order chi connectivity index (χ0) is 16.6.